The largest absolute Gasteiger partial charge is 0.463 e. The van der Waals surface area contributed by atoms with Gasteiger partial charge in [0.25, 0.3) is 0 Å². The van der Waals surface area contributed by atoms with Gasteiger partial charge in [-0.2, -0.15) is 0 Å². The second-order valence-electron chi connectivity index (χ2n) is 5.70. The van der Waals surface area contributed by atoms with Crippen LogP contribution in [0.15, 0.2) is 12.2 Å². The molecule has 0 saturated heterocycles. The van der Waals surface area contributed by atoms with Crippen molar-refractivity contribution in [1.29, 1.82) is 0 Å². The summed E-state index contributed by atoms with van der Waals surface area (Å²) in [5.41, 5.74) is 0. The molecule has 0 unspecified atom stereocenters. The van der Waals surface area contributed by atoms with Gasteiger partial charge in [-0.05, 0) is 25.0 Å². The highest BCUT2D eigenvalue weighted by Crippen LogP contribution is 2.25. The summed E-state index contributed by atoms with van der Waals surface area (Å²) >= 11 is 0. The van der Waals surface area contributed by atoms with Gasteiger partial charge >= 0.3 is 11.9 Å². The van der Waals surface area contributed by atoms with Gasteiger partial charge in [0.2, 0.25) is 0 Å². The first-order chi connectivity index (χ1) is 10.5. The number of hydrogen-bond donors (Lipinski definition) is 0. The lowest BCUT2D eigenvalue weighted by Crippen LogP contribution is -2.43. The highest BCUT2D eigenvalue weighted by atomic mass is 16.7. The maximum atomic E-state index is 11.1. The van der Waals surface area contributed by atoms with Crippen molar-refractivity contribution in [1.82, 2.24) is 0 Å². The Morgan fingerprint density at radius 2 is 1.82 bits per heavy atom. The zero-order valence-electron chi connectivity index (χ0n) is 13.2. The van der Waals surface area contributed by atoms with Crippen LogP contribution in [0.1, 0.15) is 46.0 Å². The SMILES string of the molecule is CC(=O)OC[C@H]1O[C@@H](OC2CCCCC2)C=C[C@@H]1OC(C)=O. The summed E-state index contributed by atoms with van der Waals surface area (Å²) in [6.07, 6.45) is 7.77. The summed E-state index contributed by atoms with van der Waals surface area (Å²) in [5, 5.41) is 0. The standard InChI is InChI=1S/C16H24O6/c1-11(17)19-10-15-14(20-12(2)18)8-9-16(22-15)21-13-6-4-3-5-7-13/h8-9,13-16H,3-7,10H2,1-2H3/t14-,15+,16+/m0/s1. The van der Waals surface area contributed by atoms with Crippen molar-refractivity contribution < 1.29 is 28.5 Å². The summed E-state index contributed by atoms with van der Waals surface area (Å²) in [6.45, 7) is 2.69. The molecule has 0 radical (unpaired) electrons. The number of ether oxygens (including phenoxy) is 4. The minimum absolute atomic E-state index is 0.0299. The van der Waals surface area contributed by atoms with E-state index in [2.05, 4.69) is 0 Å². The predicted octanol–water partition coefficient (Wildman–Crippen LogP) is 2.11. The van der Waals surface area contributed by atoms with Gasteiger partial charge in [-0.3, -0.25) is 9.59 Å². The molecule has 0 aromatic rings. The maximum absolute atomic E-state index is 11.1. The molecular weight excluding hydrogens is 288 g/mol. The molecule has 6 heteroatoms. The van der Waals surface area contributed by atoms with Crippen LogP contribution in [0.4, 0.5) is 0 Å². The van der Waals surface area contributed by atoms with Crippen LogP contribution in [-0.2, 0) is 28.5 Å². The van der Waals surface area contributed by atoms with E-state index in [4.69, 9.17) is 18.9 Å². The molecule has 0 aromatic heterocycles. The van der Waals surface area contributed by atoms with Crippen LogP contribution in [0.3, 0.4) is 0 Å². The molecule has 0 aromatic carbocycles. The summed E-state index contributed by atoms with van der Waals surface area (Å²) in [4.78, 5) is 22.1. The summed E-state index contributed by atoms with van der Waals surface area (Å²) < 4.78 is 21.9. The maximum Gasteiger partial charge on any atom is 0.303 e. The fourth-order valence-electron chi connectivity index (χ4n) is 2.73. The fraction of sp³-hybridized carbons (Fsp3) is 0.750. The second kappa shape index (κ2) is 8.29. The molecule has 0 amide bonds. The average Bonchev–Trinajstić information content (AvgIpc) is 2.48. The Morgan fingerprint density at radius 3 is 2.45 bits per heavy atom. The van der Waals surface area contributed by atoms with Gasteiger partial charge in [-0.15, -0.1) is 0 Å². The van der Waals surface area contributed by atoms with Crippen molar-refractivity contribution in [3.63, 3.8) is 0 Å². The second-order valence-corrected chi connectivity index (χ2v) is 5.70. The van der Waals surface area contributed by atoms with E-state index in [0.29, 0.717) is 0 Å². The van der Waals surface area contributed by atoms with Gasteiger partial charge < -0.3 is 18.9 Å². The molecule has 22 heavy (non-hydrogen) atoms. The molecule has 1 aliphatic carbocycles. The number of carbonyl (C=O) groups is 2. The molecule has 6 nitrogen and oxygen atoms in total. The quantitative estimate of drug-likeness (QED) is 0.572. The van der Waals surface area contributed by atoms with Crippen molar-refractivity contribution in [2.24, 2.45) is 0 Å². The smallest absolute Gasteiger partial charge is 0.303 e. The van der Waals surface area contributed by atoms with Gasteiger partial charge in [0, 0.05) is 13.8 Å². The third-order valence-corrected chi connectivity index (χ3v) is 3.76. The number of rotatable bonds is 5. The van der Waals surface area contributed by atoms with E-state index >= 15 is 0 Å². The van der Waals surface area contributed by atoms with E-state index in [1.165, 1.54) is 33.1 Å². The van der Waals surface area contributed by atoms with Crippen LogP contribution in [0.2, 0.25) is 0 Å². The monoisotopic (exact) mass is 312 g/mol. The van der Waals surface area contributed by atoms with Crippen molar-refractivity contribution in [3.8, 4) is 0 Å². The van der Waals surface area contributed by atoms with E-state index < -0.39 is 30.4 Å². The van der Waals surface area contributed by atoms with Crippen LogP contribution in [0, 0.1) is 0 Å². The minimum Gasteiger partial charge on any atom is -0.463 e. The Kier molecular flexibility index (Phi) is 6.39. The normalized spacial score (nSPS) is 29.1. The molecule has 2 rings (SSSR count). The van der Waals surface area contributed by atoms with Crippen molar-refractivity contribution >= 4 is 11.9 Å². The highest BCUT2D eigenvalue weighted by molar-refractivity contribution is 5.66. The average molecular weight is 312 g/mol. The van der Waals surface area contributed by atoms with Crippen LogP contribution >= 0.6 is 0 Å². The lowest BCUT2D eigenvalue weighted by Gasteiger charge is -2.33. The van der Waals surface area contributed by atoms with E-state index in [0.717, 1.165) is 12.8 Å². The van der Waals surface area contributed by atoms with E-state index in [1.807, 2.05) is 0 Å². The Balaban J connectivity index is 1.93. The third kappa shape index (κ3) is 5.42. The number of esters is 2. The summed E-state index contributed by atoms with van der Waals surface area (Å²) in [7, 11) is 0. The van der Waals surface area contributed by atoms with Crippen molar-refractivity contribution in [2.75, 3.05) is 6.61 Å². The molecule has 0 N–H and O–H groups in total. The third-order valence-electron chi connectivity index (χ3n) is 3.76. The predicted molar refractivity (Wildman–Crippen MR) is 77.9 cm³/mol. The zero-order chi connectivity index (χ0) is 15.9. The van der Waals surface area contributed by atoms with Gasteiger partial charge in [0.1, 0.15) is 18.8 Å². The van der Waals surface area contributed by atoms with Crippen LogP contribution in [0.5, 0.6) is 0 Å². The van der Waals surface area contributed by atoms with Crippen LogP contribution in [0.25, 0.3) is 0 Å². The molecular formula is C16H24O6. The molecule has 1 heterocycles. The number of hydrogen-bond acceptors (Lipinski definition) is 6. The zero-order valence-corrected chi connectivity index (χ0v) is 13.2. The first kappa shape index (κ1) is 17.0. The first-order valence-corrected chi connectivity index (χ1v) is 7.84. The van der Waals surface area contributed by atoms with E-state index in [1.54, 1.807) is 12.2 Å². The van der Waals surface area contributed by atoms with Gasteiger partial charge in [-0.1, -0.05) is 19.3 Å². The number of carbonyl (C=O) groups excluding carboxylic acids is 2. The highest BCUT2D eigenvalue weighted by Gasteiger charge is 2.32. The Labute approximate surface area is 130 Å². The summed E-state index contributed by atoms with van der Waals surface area (Å²) in [5.74, 6) is -0.804. The van der Waals surface area contributed by atoms with Crippen LogP contribution < -0.4 is 0 Å². The molecule has 2 aliphatic rings. The molecule has 0 bridgehead atoms. The topological polar surface area (TPSA) is 71.1 Å². The lowest BCUT2D eigenvalue weighted by atomic mass is 9.98. The molecule has 3 atom stereocenters. The molecule has 124 valence electrons. The molecule has 1 fully saturated rings. The van der Waals surface area contributed by atoms with Crippen molar-refractivity contribution in [3.05, 3.63) is 12.2 Å². The molecule has 1 aliphatic heterocycles. The molecule has 1 saturated carbocycles. The van der Waals surface area contributed by atoms with Crippen LogP contribution in [-0.4, -0.2) is 43.1 Å². The Hall–Kier alpha value is -1.40. The van der Waals surface area contributed by atoms with Gasteiger partial charge in [0.05, 0.1) is 6.10 Å². The van der Waals surface area contributed by atoms with Gasteiger partial charge in [0.15, 0.2) is 6.29 Å². The lowest BCUT2D eigenvalue weighted by molar-refractivity contribution is -0.212. The van der Waals surface area contributed by atoms with Gasteiger partial charge in [-0.25, -0.2) is 0 Å². The summed E-state index contributed by atoms with van der Waals surface area (Å²) in [6, 6.07) is 0. The molecule has 0 spiro atoms. The first-order valence-electron chi connectivity index (χ1n) is 7.84. The van der Waals surface area contributed by atoms with Crippen molar-refractivity contribution in [2.45, 2.75) is 70.6 Å². The fourth-order valence-corrected chi connectivity index (χ4v) is 2.73. The Bertz CT molecular complexity index is 413. The minimum atomic E-state index is -0.567. The van der Waals surface area contributed by atoms with E-state index in [9.17, 15) is 9.59 Å². The Morgan fingerprint density at radius 1 is 1.09 bits per heavy atom. The van der Waals surface area contributed by atoms with E-state index in [-0.39, 0.29) is 12.7 Å².